The molecule has 154 valence electrons. The monoisotopic (exact) mass is 425 g/mol. The molecule has 0 bridgehead atoms. The van der Waals surface area contributed by atoms with Crippen LogP contribution in [0.15, 0.2) is 24.3 Å². The van der Waals surface area contributed by atoms with E-state index in [-0.39, 0.29) is 23.7 Å². The molecule has 0 radical (unpaired) electrons. The van der Waals surface area contributed by atoms with Gasteiger partial charge in [0.15, 0.2) is 0 Å². The first kappa shape index (κ1) is 21.4. The third kappa shape index (κ3) is 4.03. The zero-order chi connectivity index (χ0) is 18.9. The van der Waals surface area contributed by atoms with Crippen LogP contribution < -0.4 is 5.32 Å². The molecule has 0 unspecified atom stereocenters. The standard InChI is InChI=1S/C21H28ClN3O2.ClH/c22-18-7-5-16(6-8-18)19(26)24-10-3-11-25(13-12-24)20(27)21-9-2-1-4-17(21)14-23-15-21;/h5-8,17,23H,1-4,9-15H2;1H/t17-,21+;/m0./s1. The first-order valence-electron chi connectivity index (χ1n) is 10.2. The maximum absolute atomic E-state index is 13.5. The van der Waals surface area contributed by atoms with Crippen molar-refractivity contribution in [1.82, 2.24) is 15.1 Å². The number of nitrogens with zero attached hydrogens (tertiary/aromatic N) is 2. The fourth-order valence-electron chi connectivity index (χ4n) is 5.08. The van der Waals surface area contributed by atoms with Gasteiger partial charge in [0.25, 0.3) is 5.91 Å². The third-order valence-corrected chi connectivity index (χ3v) is 6.88. The van der Waals surface area contributed by atoms with Gasteiger partial charge in [-0.05, 0) is 56.0 Å². The molecule has 2 saturated heterocycles. The molecule has 1 aromatic rings. The van der Waals surface area contributed by atoms with Crippen molar-refractivity contribution < 1.29 is 9.59 Å². The van der Waals surface area contributed by atoms with E-state index in [0.29, 0.717) is 42.0 Å². The third-order valence-electron chi connectivity index (χ3n) is 6.63. The minimum absolute atomic E-state index is 0. The van der Waals surface area contributed by atoms with Crippen molar-refractivity contribution in [2.24, 2.45) is 11.3 Å². The first-order valence-corrected chi connectivity index (χ1v) is 10.5. The van der Waals surface area contributed by atoms with Gasteiger partial charge in [0, 0.05) is 43.3 Å². The van der Waals surface area contributed by atoms with Crippen LogP contribution in [0.25, 0.3) is 0 Å². The van der Waals surface area contributed by atoms with Gasteiger partial charge in [-0.2, -0.15) is 0 Å². The van der Waals surface area contributed by atoms with Crippen LogP contribution in [-0.2, 0) is 4.79 Å². The van der Waals surface area contributed by atoms with Crippen LogP contribution in [0.4, 0.5) is 0 Å². The number of benzene rings is 1. The second kappa shape index (κ2) is 9.02. The highest BCUT2D eigenvalue weighted by atomic mass is 35.5. The molecule has 0 spiro atoms. The smallest absolute Gasteiger partial charge is 0.253 e. The van der Waals surface area contributed by atoms with Gasteiger partial charge in [-0.15, -0.1) is 12.4 Å². The highest BCUT2D eigenvalue weighted by Crippen LogP contribution is 2.45. The molecule has 1 aliphatic carbocycles. The molecule has 2 atom stereocenters. The second-order valence-electron chi connectivity index (χ2n) is 8.17. The van der Waals surface area contributed by atoms with Gasteiger partial charge in [0.05, 0.1) is 5.41 Å². The Labute approximate surface area is 178 Å². The molecule has 1 saturated carbocycles. The van der Waals surface area contributed by atoms with E-state index in [1.807, 2.05) is 9.80 Å². The Kier molecular flexibility index (Phi) is 6.89. The first-order chi connectivity index (χ1) is 13.1. The Morgan fingerprint density at radius 3 is 2.50 bits per heavy atom. The summed E-state index contributed by atoms with van der Waals surface area (Å²) in [6.07, 6.45) is 5.39. The van der Waals surface area contributed by atoms with Gasteiger partial charge in [0.1, 0.15) is 0 Å². The Bertz CT molecular complexity index is 712. The fraction of sp³-hybridized carbons (Fsp3) is 0.619. The van der Waals surface area contributed by atoms with Crippen molar-refractivity contribution in [3.8, 4) is 0 Å². The molecular formula is C21H29Cl2N3O2. The van der Waals surface area contributed by atoms with Crippen molar-refractivity contribution in [2.45, 2.75) is 32.1 Å². The lowest BCUT2D eigenvalue weighted by molar-refractivity contribution is -0.145. The SMILES string of the molecule is Cl.O=C(c1ccc(Cl)cc1)N1CCCN(C(=O)[C@@]23CCCC[C@H]2CNC3)CC1. The Balaban J connectivity index is 0.00000225. The zero-order valence-electron chi connectivity index (χ0n) is 16.2. The quantitative estimate of drug-likeness (QED) is 0.790. The normalized spacial score (nSPS) is 27.5. The number of amides is 2. The summed E-state index contributed by atoms with van der Waals surface area (Å²) in [6.45, 7) is 4.47. The van der Waals surface area contributed by atoms with E-state index in [9.17, 15) is 9.59 Å². The number of nitrogens with one attached hydrogen (secondary N) is 1. The van der Waals surface area contributed by atoms with Crippen LogP contribution in [-0.4, -0.2) is 60.9 Å². The summed E-state index contributed by atoms with van der Waals surface area (Å²) in [4.78, 5) is 30.2. The van der Waals surface area contributed by atoms with E-state index >= 15 is 0 Å². The summed E-state index contributed by atoms with van der Waals surface area (Å²) in [7, 11) is 0. The lowest BCUT2D eigenvalue weighted by Crippen LogP contribution is -2.50. The fourth-order valence-corrected chi connectivity index (χ4v) is 5.21. The number of fused-ring (bicyclic) bond motifs is 1. The van der Waals surface area contributed by atoms with Gasteiger partial charge >= 0.3 is 0 Å². The maximum Gasteiger partial charge on any atom is 0.253 e. The highest BCUT2D eigenvalue weighted by Gasteiger charge is 2.51. The number of carbonyl (C=O) groups is 2. The van der Waals surface area contributed by atoms with Gasteiger partial charge in [-0.25, -0.2) is 0 Å². The molecule has 2 amide bonds. The topological polar surface area (TPSA) is 52.7 Å². The van der Waals surface area contributed by atoms with Crippen molar-refractivity contribution in [3.05, 3.63) is 34.9 Å². The maximum atomic E-state index is 13.5. The largest absolute Gasteiger partial charge is 0.340 e. The van der Waals surface area contributed by atoms with Crippen LogP contribution in [0, 0.1) is 11.3 Å². The molecule has 3 aliphatic rings. The van der Waals surface area contributed by atoms with Crippen molar-refractivity contribution in [3.63, 3.8) is 0 Å². The minimum Gasteiger partial charge on any atom is -0.340 e. The molecule has 5 nitrogen and oxygen atoms in total. The van der Waals surface area contributed by atoms with Crippen LogP contribution in [0.3, 0.4) is 0 Å². The van der Waals surface area contributed by atoms with E-state index in [2.05, 4.69) is 5.32 Å². The van der Waals surface area contributed by atoms with E-state index in [1.54, 1.807) is 24.3 Å². The van der Waals surface area contributed by atoms with E-state index in [4.69, 9.17) is 11.6 Å². The van der Waals surface area contributed by atoms with Crippen molar-refractivity contribution >= 4 is 35.8 Å². The van der Waals surface area contributed by atoms with Crippen LogP contribution in [0.1, 0.15) is 42.5 Å². The Morgan fingerprint density at radius 1 is 1.00 bits per heavy atom. The van der Waals surface area contributed by atoms with Crippen molar-refractivity contribution in [2.75, 3.05) is 39.3 Å². The van der Waals surface area contributed by atoms with Crippen LogP contribution in [0.2, 0.25) is 5.02 Å². The van der Waals surface area contributed by atoms with Gasteiger partial charge < -0.3 is 15.1 Å². The van der Waals surface area contributed by atoms with Gasteiger partial charge in [-0.3, -0.25) is 9.59 Å². The number of carbonyl (C=O) groups excluding carboxylic acids is 2. The molecule has 2 heterocycles. The lowest BCUT2D eigenvalue weighted by atomic mass is 9.67. The molecule has 0 aromatic heterocycles. The van der Waals surface area contributed by atoms with E-state index in [1.165, 1.54) is 6.42 Å². The minimum atomic E-state index is -0.201. The number of rotatable bonds is 2. The highest BCUT2D eigenvalue weighted by molar-refractivity contribution is 6.30. The van der Waals surface area contributed by atoms with E-state index in [0.717, 1.165) is 45.3 Å². The summed E-state index contributed by atoms with van der Waals surface area (Å²) in [5.41, 5.74) is 0.457. The van der Waals surface area contributed by atoms with Gasteiger partial charge in [0.2, 0.25) is 5.91 Å². The predicted octanol–water partition coefficient (Wildman–Crippen LogP) is 3.22. The number of hydrogen-bond donors (Lipinski definition) is 1. The molecule has 4 rings (SSSR count). The second-order valence-corrected chi connectivity index (χ2v) is 8.61. The average Bonchev–Trinajstić information content (AvgIpc) is 2.98. The Hall–Kier alpha value is -1.30. The molecule has 28 heavy (non-hydrogen) atoms. The summed E-state index contributed by atoms with van der Waals surface area (Å²) in [6, 6.07) is 7.04. The molecule has 1 aromatic carbocycles. The summed E-state index contributed by atoms with van der Waals surface area (Å²) < 4.78 is 0. The lowest BCUT2D eigenvalue weighted by Gasteiger charge is -2.40. The van der Waals surface area contributed by atoms with Crippen molar-refractivity contribution in [1.29, 1.82) is 0 Å². The number of hydrogen-bond acceptors (Lipinski definition) is 3. The molecule has 7 heteroatoms. The summed E-state index contributed by atoms with van der Waals surface area (Å²) in [5, 5.41) is 4.10. The molecule has 1 N–H and O–H groups in total. The number of halogens is 2. The summed E-state index contributed by atoms with van der Waals surface area (Å²) >= 11 is 5.93. The van der Waals surface area contributed by atoms with Crippen LogP contribution >= 0.6 is 24.0 Å². The zero-order valence-corrected chi connectivity index (χ0v) is 17.7. The van der Waals surface area contributed by atoms with Crippen LogP contribution in [0.5, 0.6) is 0 Å². The average molecular weight is 426 g/mol. The van der Waals surface area contributed by atoms with Gasteiger partial charge in [-0.1, -0.05) is 24.4 Å². The molecule has 3 fully saturated rings. The Morgan fingerprint density at radius 2 is 1.71 bits per heavy atom. The molecular weight excluding hydrogens is 397 g/mol. The molecule has 2 aliphatic heterocycles. The summed E-state index contributed by atoms with van der Waals surface area (Å²) in [5.74, 6) is 0.823. The predicted molar refractivity (Wildman–Crippen MR) is 113 cm³/mol. The van der Waals surface area contributed by atoms with E-state index < -0.39 is 0 Å².